The summed E-state index contributed by atoms with van der Waals surface area (Å²) in [6.07, 6.45) is 2.09. The number of benzene rings is 5. The van der Waals surface area contributed by atoms with Crippen LogP contribution in [0.25, 0.3) is 5.57 Å². The van der Waals surface area contributed by atoms with Gasteiger partial charge in [0.05, 0.1) is 6.10 Å². The predicted octanol–water partition coefficient (Wildman–Crippen LogP) is 6.53. The van der Waals surface area contributed by atoms with Crippen molar-refractivity contribution in [2.24, 2.45) is 0 Å². The zero-order valence-electron chi connectivity index (χ0n) is 26.7. The highest BCUT2D eigenvalue weighted by molar-refractivity contribution is 5.78. The number of hydrogen-bond donors (Lipinski definition) is 10. The van der Waals surface area contributed by atoms with Gasteiger partial charge < -0.3 is 51.1 Å². The summed E-state index contributed by atoms with van der Waals surface area (Å²) in [7, 11) is 0. The summed E-state index contributed by atoms with van der Waals surface area (Å²) >= 11 is 0. The van der Waals surface area contributed by atoms with Gasteiger partial charge in [-0.2, -0.15) is 0 Å². The fourth-order valence-electron chi connectivity index (χ4n) is 5.99. The van der Waals surface area contributed by atoms with Gasteiger partial charge in [0.2, 0.25) is 0 Å². The predicted molar refractivity (Wildman–Crippen MR) is 183 cm³/mol. The van der Waals surface area contributed by atoms with Crippen LogP contribution < -0.4 is 0 Å². The third-order valence-corrected chi connectivity index (χ3v) is 8.41. The quantitative estimate of drug-likeness (QED) is 0.0691. The van der Waals surface area contributed by atoms with Crippen LogP contribution in [0.1, 0.15) is 64.0 Å². The molecule has 0 amide bonds. The minimum absolute atomic E-state index is 0.126. The molecule has 1 atom stereocenters. The first-order valence-electron chi connectivity index (χ1n) is 15.6. The fraction of sp³-hybridized carbons (Fsp3) is 0.179. The van der Waals surface area contributed by atoms with Crippen LogP contribution in [0.4, 0.5) is 0 Å². The standard InChI is InChI=1S/C39H38O10/c1-21(40)37-27(14-24-7-11-31(43)35(47)18-24)20-28(15-25-8-12-32(44)36(48)19-25)39(49)38(37)26(13-23-6-10-30(42)34(46)17-23)4-2-3-22-5-9-29(41)33(45)16-22/h4-12,16-21,40-49H,2-3,13-15H2,1H3/b26-4-. The van der Waals surface area contributed by atoms with Crippen molar-refractivity contribution in [2.75, 3.05) is 0 Å². The number of aromatic hydroxyl groups is 9. The molecule has 0 saturated heterocycles. The van der Waals surface area contributed by atoms with Crippen molar-refractivity contribution in [1.29, 1.82) is 0 Å². The minimum Gasteiger partial charge on any atom is -0.507 e. The number of aliphatic hydroxyl groups excluding tert-OH is 1. The van der Waals surface area contributed by atoms with Gasteiger partial charge in [-0.15, -0.1) is 0 Å². The van der Waals surface area contributed by atoms with E-state index in [2.05, 4.69) is 0 Å². The molecule has 49 heavy (non-hydrogen) atoms. The first-order valence-corrected chi connectivity index (χ1v) is 15.6. The summed E-state index contributed by atoms with van der Waals surface area (Å²) in [5.41, 5.74) is 4.87. The van der Waals surface area contributed by atoms with E-state index in [0.717, 1.165) is 5.56 Å². The van der Waals surface area contributed by atoms with Gasteiger partial charge >= 0.3 is 0 Å². The van der Waals surface area contributed by atoms with Gasteiger partial charge in [0.15, 0.2) is 46.0 Å². The molecule has 0 aliphatic carbocycles. The molecule has 0 radical (unpaired) electrons. The molecule has 254 valence electrons. The van der Waals surface area contributed by atoms with Crippen molar-refractivity contribution >= 4 is 5.57 Å². The van der Waals surface area contributed by atoms with E-state index >= 15 is 0 Å². The van der Waals surface area contributed by atoms with Crippen LogP contribution in [-0.4, -0.2) is 51.1 Å². The normalized spacial score (nSPS) is 12.2. The van der Waals surface area contributed by atoms with Crippen LogP contribution in [0, 0.1) is 0 Å². The van der Waals surface area contributed by atoms with Crippen molar-refractivity contribution in [3.05, 3.63) is 129 Å². The maximum absolute atomic E-state index is 12.0. The molecule has 0 bridgehead atoms. The topological polar surface area (TPSA) is 202 Å². The Morgan fingerprint density at radius 3 is 1.45 bits per heavy atom. The molecule has 10 nitrogen and oxygen atoms in total. The van der Waals surface area contributed by atoms with Crippen molar-refractivity contribution in [2.45, 2.75) is 45.1 Å². The van der Waals surface area contributed by atoms with E-state index in [-0.39, 0.29) is 71.0 Å². The average Bonchev–Trinajstić information content (AvgIpc) is 3.05. The maximum atomic E-state index is 12.0. The van der Waals surface area contributed by atoms with E-state index in [1.165, 1.54) is 48.5 Å². The van der Waals surface area contributed by atoms with Crippen LogP contribution in [0.15, 0.2) is 84.9 Å². The lowest BCUT2D eigenvalue weighted by Gasteiger charge is -2.24. The summed E-state index contributed by atoms with van der Waals surface area (Å²) in [4.78, 5) is 0. The third kappa shape index (κ3) is 7.94. The Morgan fingerprint density at radius 1 is 0.531 bits per heavy atom. The second kappa shape index (κ2) is 14.4. The Kier molecular flexibility index (Phi) is 10.1. The molecular weight excluding hydrogens is 628 g/mol. The molecule has 0 saturated carbocycles. The lowest BCUT2D eigenvalue weighted by molar-refractivity contribution is 0.197. The molecule has 10 N–H and O–H groups in total. The minimum atomic E-state index is -1.10. The van der Waals surface area contributed by atoms with Crippen molar-refractivity contribution < 1.29 is 51.1 Å². The molecule has 1 unspecified atom stereocenters. The Bertz CT molecular complexity index is 2030. The van der Waals surface area contributed by atoms with Crippen LogP contribution in [0.3, 0.4) is 0 Å². The molecule has 0 spiro atoms. The van der Waals surface area contributed by atoms with Gasteiger partial charge in [0.1, 0.15) is 5.75 Å². The lowest BCUT2D eigenvalue weighted by atomic mass is 9.83. The van der Waals surface area contributed by atoms with Crippen LogP contribution in [0.2, 0.25) is 0 Å². The summed E-state index contributed by atoms with van der Waals surface area (Å²) in [5, 5.41) is 103. The number of rotatable bonds is 11. The fourth-order valence-corrected chi connectivity index (χ4v) is 5.99. The van der Waals surface area contributed by atoms with Crippen molar-refractivity contribution in [3.8, 4) is 51.7 Å². The molecular formula is C39H38O10. The number of allylic oxidation sites excluding steroid dienone is 2. The summed E-state index contributed by atoms with van der Waals surface area (Å²) < 4.78 is 0. The van der Waals surface area contributed by atoms with Gasteiger partial charge in [-0.1, -0.05) is 36.4 Å². The Morgan fingerprint density at radius 2 is 0.959 bits per heavy atom. The van der Waals surface area contributed by atoms with Gasteiger partial charge in [-0.25, -0.2) is 0 Å². The first kappa shape index (κ1) is 34.3. The SMILES string of the molecule is CC(O)c1c(Cc2ccc(O)c(O)c2)cc(Cc2ccc(O)c(O)c2)c(O)c1/C(=C\CCc1ccc(O)c(O)c1)Cc1ccc(O)c(O)c1. The van der Waals surface area contributed by atoms with Gasteiger partial charge in [0, 0.05) is 12.0 Å². The number of aryl methyl sites for hydroxylation is 1. The molecule has 0 heterocycles. The van der Waals surface area contributed by atoms with Crippen molar-refractivity contribution in [1.82, 2.24) is 0 Å². The second-order valence-electron chi connectivity index (χ2n) is 12.1. The highest BCUT2D eigenvalue weighted by Crippen LogP contribution is 2.42. The second-order valence-corrected chi connectivity index (χ2v) is 12.1. The Labute approximate surface area is 282 Å². The van der Waals surface area contributed by atoms with Gasteiger partial charge in [-0.3, -0.25) is 0 Å². The largest absolute Gasteiger partial charge is 0.507 e. The number of phenolic OH excluding ortho intramolecular Hbond substituents is 9. The zero-order chi connectivity index (χ0) is 35.4. The van der Waals surface area contributed by atoms with E-state index in [0.29, 0.717) is 57.4 Å². The van der Waals surface area contributed by atoms with E-state index < -0.39 is 6.10 Å². The lowest BCUT2D eigenvalue weighted by Crippen LogP contribution is -2.09. The molecule has 0 aromatic heterocycles. The van der Waals surface area contributed by atoms with E-state index in [1.54, 1.807) is 37.3 Å². The molecule has 5 aromatic carbocycles. The molecule has 0 aliphatic heterocycles. The van der Waals surface area contributed by atoms with Gasteiger partial charge in [0.25, 0.3) is 0 Å². The van der Waals surface area contributed by atoms with Crippen molar-refractivity contribution in [3.63, 3.8) is 0 Å². The molecule has 5 aromatic rings. The van der Waals surface area contributed by atoms with E-state index in [1.807, 2.05) is 6.08 Å². The molecule has 0 aliphatic rings. The first-order chi connectivity index (χ1) is 23.3. The van der Waals surface area contributed by atoms with E-state index in [4.69, 9.17) is 0 Å². The maximum Gasteiger partial charge on any atom is 0.157 e. The Hall–Kier alpha value is -6.00. The summed E-state index contributed by atoms with van der Waals surface area (Å²) in [5.74, 6) is -2.50. The van der Waals surface area contributed by atoms with Crippen LogP contribution in [0.5, 0.6) is 51.7 Å². The smallest absolute Gasteiger partial charge is 0.157 e. The average molecular weight is 667 g/mol. The monoisotopic (exact) mass is 666 g/mol. The summed E-state index contributed by atoms with van der Waals surface area (Å²) in [6.45, 7) is 1.57. The number of hydrogen-bond acceptors (Lipinski definition) is 10. The Balaban J connectivity index is 1.70. The van der Waals surface area contributed by atoms with Gasteiger partial charge in [-0.05, 0) is 126 Å². The molecule has 5 rings (SSSR count). The number of phenols is 9. The third-order valence-electron chi connectivity index (χ3n) is 8.41. The highest BCUT2D eigenvalue weighted by atomic mass is 16.3. The van der Waals surface area contributed by atoms with E-state index in [9.17, 15) is 51.1 Å². The zero-order valence-corrected chi connectivity index (χ0v) is 26.7. The highest BCUT2D eigenvalue weighted by Gasteiger charge is 2.25. The summed E-state index contributed by atoms with van der Waals surface area (Å²) in [6, 6.07) is 19.4. The van der Waals surface area contributed by atoms with Crippen LogP contribution >= 0.6 is 0 Å². The number of aliphatic hydroxyl groups is 1. The van der Waals surface area contributed by atoms with Crippen LogP contribution in [-0.2, 0) is 25.7 Å². The molecule has 10 heteroatoms. The molecule has 0 fully saturated rings.